The van der Waals surface area contributed by atoms with Crippen LogP contribution >= 0.6 is 11.8 Å². The predicted octanol–water partition coefficient (Wildman–Crippen LogP) is 2.82. The first kappa shape index (κ1) is 16.3. The molecule has 124 valence electrons. The summed E-state index contributed by atoms with van der Waals surface area (Å²) in [6.45, 7) is 3.77. The Bertz CT molecular complexity index is 857. The molecule has 2 heterocycles. The maximum absolute atomic E-state index is 12.1. The third-order valence-corrected chi connectivity index (χ3v) is 4.35. The van der Waals surface area contributed by atoms with Crippen molar-refractivity contribution in [3.05, 3.63) is 41.7 Å². The van der Waals surface area contributed by atoms with Crippen molar-refractivity contribution in [3.63, 3.8) is 0 Å². The lowest BCUT2D eigenvalue weighted by Crippen LogP contribution is -2.15. The molecule has 0 fully saturated rings. The summed E-state index contributed by atoms with van der Waals surface area (Å²) in [5, 5.41) is 15.5. The van der Waals surface area contributed by atoms with Gasteiger partial charge in [-0.1, -0.05) is 30.0 Å². The lowest BCUT2D eigenvalue weighted by molar-refractivity contribution is -0.113. The average Bonchev–Trinajstić information content (AvgIpc) is 3.15. The summed E-state index contributed by atoms with van der Waals surface area (Å²) in [7, 11) is 1.84. The average molecular weight is 343 g/mol. The Hall–Kier alpha value is -2.61. The highest BCUT2D eigenvalue weighted by Gasteiger charge is 2.14. The zero-order valence-electron chi connectivity index (χ0n) is 13.6. The van der Waals surface area contributed by atoms with Gasteiger partial charge in [-0.3, -0.25) is 9.48 Å². The molecule has 24 heavy (non-hydrogen) atoms. The zero-order valence-corrected chi connectivity index (χ0v) is 14.4. The predicted molar refractivity (Wildman–Crippen MR) is 91.8 cm³/mol. The molecule has 0 bridgehead atoms. The van der Waals surface area contributed by atoms with E-state index in [1.807, 2.05) is 51.2 Å². The Labute approximate surface area is 143 Å². The van der Waals surface area contributed by atoms with Gasteiger partial charge in [-0.15, -0.1) is 10.2 Å². The summed E-state index contributed by atoms with van der Waals surface area (Å²) in [5.41, 5.74) is 3.30. The number of nitrogens with zero attached hydrogens (tertiary/aromatic N) is 4. The fourth-order valence-corrected chi connectivity index (χ4v) is 2.79. The Morgan fingerprint density at radius 2 is 2.00 bits per heavy atom. The number of carbonyl (C=O) groups is 1. The minimum absolute atomic E-state index is 0.140. The molecular weight excluding hydrogens is 326 g/mol. The van der Waals surface area contributed by atoms with Crippen molar-refractivity contribution in [1.29, 1.82) is 0 Å². The number of amides is 1. The molecule has 0 saturated carbocycles. The van der Waals surface area contributed by atoms with Gasteiger partial charge in [0.1, 0.15) is 0 Å². The van der Waals surface area contributed by atoms with Crippen molar-refractivity contribution in [2.24, 2.45) is 7.05 Å². The first-order chi connectivity index (χ1) is 11.5. The Morgan fingerprint density at radius 3 is 2.67 bits per heavy atom. The van der Waals surface area contributed by atoms with Gasteiger partial charge in [0.15, 0.2) is 0 Å². The van der Waals surface area contributed by atoms with Crippen LogP contribution < -0.4 is 5.32 Å². The number of thioether (sulfide) groups is 1. The highest BCUT2D eigenvalue weighted by Crippen LogP contribution is 2.23. The van der Waals surface area contributed by atoms with Gasteiger partial charge in [0.05, 0.1) is 22.8 Å². The van der Waals surface area contributed by atoms with E-state index in [1.165, 1.54) is 11.8 Å². The van der Waals surface area contributed by atoms with Crippen LogP contribution in [-0.2, 0) is 11.8 Å². The van der Waals surface area contributed by atoms with Gasteiger partial charge >= 0.3 is 0 Å². The molecule has 7 nitrogen and oxygen atoms in total. The van der Waals surface area contributed by atoms with Crippen LogP contribution in [0.5, 0.6) is 0 Å². The highest BCUT2D eigenvalue weighted by atomic mass is 32.2. The molecule has 3 aromatic rings. The number of hydrogen-bond acceptors (Lipinski definition) is 6. The lowest BCUT2D eigenvalue weighted by Gasteiger charge is -2.04. The van der Waals surface area contributed by atoms with Gasteiger partial charge in [0.2, 0.25) is 11.8 Å². The van der Waals surface area contributed by atoms with Crippen LogP contribution in [0.2, 0.25) is 0 Å². The molecular formula is C16H17N5O2S. The van der Waals surface area contributed by atoms with Crippen molar-refractivity contribution < 1.29 is 9.21 Å². The normalized spacial score (nSPS) is 10.8. The van der Waals surface area contributed by atoms with Crippen LogP contribution in [0.3, 0.4) is 0 Å². The minimum atomic E-state index is -0.140. The molecule has 0 radical (unpaired) electrons. The molecule has 0 saturated heterocycles. The molecule has 8 heteroatoms. The fourth-order valence-electron chi connectivity index (χ4n) is 2.22. The second-order valence-electron chi connectivity index (χ2n) is 5.25. The Balaban J connectivity index is 1.60. The summed E-state index contributed by atoms with van der Waals surface area (Å²) in [5.74, 6) is 0.487. The molecule has 1 amide bonds. The van der Waals surface area contributed by atoms with E-state index in [2.05, 4.69) is 20.6 Å². The molecule has 3 rings (SSSR count). The molecule has 0 aliphatic heterocycles. The topological polar surface area (TPSA) is 85.8 Å². The SMILES string of the molecule is Cc1nn(C)c(C)c1NC(=O)CSc1nnc(-c2ccccc2)o1. The number of aryl methyl sites for hydroxylation is 2. The quantitative estimate of drug-likeness (QED) is 0.717. The summed E-state index contributed by atoms with van der Waals surface area (Å²) in [6.07, 6.45) is 0. The number of aromatic nitrogens is 4. The Kier molecular flexibility index (Phi) is 4.66. The molecule has 1 N–H and O–H groups in total. The highest BCUT2D eigenvalue weighted by molar-refractivity contribution is 7.99. The number of nitrogens with one attached hydrogen (secondary N) is 1. The smallest absolute Gasteiger partial charge is 0.277 e. The van der Waals surface area contributed by atoms with Crippen molar-refractivity contribution in [2.75, 3.05) is 11.1 Å². The first-order valence-corrected chi connectivity index (χ1v) is 8.35. The number of benzene rings is 1. The van der Waals surface area contributed by atoms with E-state index in [0.717, 1.165) is 22.6 Å². The number of anilines is 1. The van der Waals surface area contributed by atoms with Crippen molar-refractivity contribution in [1.82, 2.24) is 20.0 Å². The molecule has 0 aliphatic rings. The van der Waals surface area contributed by atoms with Crippen molar-refractivity contribution >= 4 is 23.4 Å². The van der Waals surface area contributed by atoms with Gasteiger partial charge in [-0.25, -0.2) is 0 Å². The van der Waals surface area contributed by atoms with Crippen LogP contribution in [0.15, 0.2) is 40.0 Å². The van der Waals surface area contributed by atoms with Crippen LogP contribution in [0.4, 0.5) is 5.69 Å². The molecule has 0 spiro atoms. The van der Waals surface area contributed by atoms with Crippen molar-refractivity contribution in [3.8, 4) is 11.5 Å². The second-order valence-corrected chi connectivity index (χ2v) is 6.17. The van der Waals surface area contributed by atoms with E-state index < -0.39 is 0 Å². The summed E-state index contributed by atoms with van der Waals surface area (Å²) in [6, 6.07) is 9.50. The minimum Gasteiger partial charge on any atom is -0.411 e. The van der Waals surface area contributed by atoms with Gasteiger partial charge < -0.3 is 9.73 Å². The lowest BCUT2D eigenvalue weighted by atomic mass is 10.2. The second kappa shape index (κ2) is 6.88. The third-order valence-electron chi connectivity index (χ3n) is 3.53. The van der Waals surface area contributed by atoms with Gasteiger partial charge in [-0.05, 0) is 26.0 Å². The van der Waals surface area contributed by atoms with Crippen molar-refractivity contribution in [2.45, 2.75) is 19.1 Å². The largest absolute Gasteiger partial charge is 0.411 e. The molecule has 0 unspecified atom stereocenters. The van der Waals surface area contributed by atoms with E-state index in [4.69, 9.17) is 4.42 Å². The number of rotatable bonds is 5. The fraction of sp³-hybridized carbons (Fsp3) is 0.250. The molecule has 1 aromatic carbocycles. The maximum Gasteiger partial charge on any atom is 0.277 e. The van der Waals surface area contributed by atoms with E-state index in [1.54, 1.807) is 4.68 Å². The maximum atomic E-state index is 12.1. The van der Waals surface area contributed by atoms with E-state index >= 15 is 0 Å². The van der Waals surface area contributed by atoms with Gasteiger partial charge in [0, 0.05) is 12.6 Å². The van der Waals surface area contributed by atoms with Crippen LogP contribution in [0.1, 0.15) is 11.4 Å². The molecule has 2 aromatic heterocycles. The number of hydrogen-bond donors (Lipinski definition) is 1. The Morgan fingerprint density at radius 1 is 1.25 bits per heavy atom. The molecule has 0 aliphatic carbocycles. The monoisotopic (exact) mass is 343 g/mol. The van der Waals surface area contributed by atoms with Crippen LogP contribution in [0.25, 0.3) is 11.5 Å². The summed E-state index contributed by atoms with van der Waals surface area (Å²) in [4.78, 5) is 12.1. The van der Waals surface area contributed by atoms with E-state index in [9.17, 15) is 4.79 Å². The third kappa shape index (κ3) is 3.48. The number of carbonyl (C=O) groups excluding carboxylic acids is 1. The standard InChI is InChI=1S/C16H17N5O2S/c1-10-14(11(2)21(3)20-10)17-13(22)9-24-16-19-18-15(23-16)12-7-5-4-6-8-12/h4-8H,9H2,1-3H3,(H,17,22). The van der Waals surface area contributed by atoms with Crippen LogP contribution in [0, 0.1) is 13.8 Å². The first-order valence-electron chi connectivity index (χ1n) is 7.36. The van der Waals surface area contributed by atoms with E-state index in [0.29, 0.717) is 11.1 Å². The van der Waals surface area contributed by atoms with Gasteiger partial charge in [0.25, 0.3) is 5.22 Å². The van der Waals surface area contributed by atoms with Crippen LogP contribution in [-0.4, -0.2) is 31.6 Å². The molecule has 0 atom stereocenters. The zero-order chi connectivity index (χ0) is 17.1. The van der Waals surface area contributed by atoms with E-state index in [-0.39, 0.29) is 11.7 Å². The van der Waals surface area contributed by atoms with Gasteiger partial charge in [-0.2, -0.15) is 5.10 Å². The summed E-state index contributed by atoms with van der Waals surface area (Å²) < 4.78 is 7.30. The summed E-state index contributed by atoms with van der Waals surface area (Å²) >= 11 is 1.20.